The van der Waals surface area contributed by atoms with Crippen molar-refractivity contribution in [3.8, 4) is 22.4 Å². The lowest BCUT2D eigenvalue weighted by molar-refractivity contribution is -0.135. The van der Waals surface area contributed by atoms with Gasteiger partial charge in [0.25, 0.3) is 0 Å². The van der Waals surface area contributed by atoms with Gasteiger partial charge in [0, 0.05) is 42.9 Å². The van der Waals surface area contributed by atoms with Crippen LogP contribution in [0.15, 0.2) is 97.7 Å². The second-order valence-electron chi connectivity index (χ2n) is 17.2. The Kier molecular flexibility index (Phi) is 11.5. The van der Waals surface area contributed by atoms with Crippen molar-refractivity contribution in [2.45, 2.75) is 69.2 Å². The molecule has 2 aliphatic heterocycles. The van der Waals surface area contributed by atoms with E-state index in [-0.39, 0.29) is 37.0 Å². The average Bonchev–Trinajstić information content (AvgIpc) is 4.17. The van der Waals surface area contributed by atoms with Crippen LogP contribution in [-0.4, -0.2) is 120 Å². The van der Waals surface area contributed by atoms with Crippen LogP contribution in [0.5, 0.6) is 0 Å². The fourth-order valence-corrected chi connectivity index (χ4v) is 12.0. The number of alkyl carbamates (subject to hydrolysis) is 2. The molecule has 4 N–H and O–H groups in total. The van der Waals surface area contributed by atoms with Gasteiger partial charge < -0.3 is 39.9 Å². The minimum atomic E-state index is -1.85. The van der Waals surface area contributed by atoms with Crippen LogP contribution in [-0.2, 0) is 32.2 Å². The van der Waals surface area contributed by atoms with E-state index >= 15 is 0 Å². The highest BCUT2D eigenvalue weighted by Gasteiger charge is 2.45. The molecule has 4 atom stereocenters. The molecule has 19 heteroatoms. The number of hydrogen-bond acceptors (Lipinski definition) is 10. The summed E-state index contributed by atoms with van der Waals surface area (Å²) in [6.45, 7) is 5.42. The first-order chi connectivity index (χ1) is 31.0. The van der Waals surface area contributed by atoms with Gasteiger partial charge in [-0.1, -0.05) is 55.6 Å². The molecule has 330 valence electrons. The van der Waals surface area contributed by atoms with Crippen molar-refractivity contribution in [2.75, 3.05) is 26.9 Å². The quantitative estimate of drug-likeness (QED) is 0.108. The van der Waals surface area contributed by atoms with Crippen molar-refractivity contribution < 1.29 is 28.7 Å². The number of fused-ring (bicyclic) bond motifs is 3. The monoisotopic (exact) mass is 882 g/mol. The standard InChI is InChI=1S/C45H50N12O6Si/c1-62-44(60)51-35(24-54-19-6-17-47-54)42(58)56-21-5-8-37(56)40-46-23-34(50-40)29-11-9-28(10-12-29)30-13-15-32-31(22-30)14-16-33-39(32)53-41(49-33)38-26-64(3,4)27-57(38)43(59)36(52-45(61)63-2)25-55-20-7-18-48-55/h6-7,9-20,22-23,35-38H,5,8,21,24-27H2,1-4H3,(H,46,50)(H,49,53)(H,51,60)(H,52,61)/t35-,36-,37-,38-/m0/s1. The zero-order chi connectivity index (χ0) is 44.5. The third kappa shape index (κ3) is 8.57. The average molecular weight is 883 g/mol. The Morgan fingerprint density at radius 3 is 2.06 bits per heavy atom. The van der Waals surface area contributed by atoms with E-state index in [0.29, 0.717) is 18.5 Å². The molecule has 4 amide bonds. The molecule has 0 radical (unpaired) electrons. The number of carbonyl (C=O) groups is 4. The summed E-state index contributed by atoms with van der Waals surface area (Å²) in [6, 6.07) is 20.8. The highest BCUT2D eigenvalue weighted by Crippen LogP contribution is 2.39. The highest BCUT2D eigenvalue weighted by molar-refractivity contribution is 6.78. The van der Waals surface area contributed by atoms with E-state index in [9.17, 15) is 19.2 Å². The summed E-state index contributed by atoms with van der Waals surface area (Å²) in [5.74, 6) is 0.984. The molecule has 9 rings (SSSR count). The van der Waals surface area contributed by atoms with E-state index in [1.165, 1.54) is 14.2 Å². The number of aromatic amines is 2. The van der Waals surface area contributed by atoms with Gasteiger partial charge in [0.05, 0.1) is 70.4 Å². The fraction of sp³-hybridized carbons (Fsp3) is 0.333. The highest BCUT2D eigenvalue weighted by atomic mass is 28.3. The van der Waals surface area contributed by atoms with Crippen LogP contribution in [0.4, 0.5) is 9.59 Å². The van der Waals surface area contributed by atoms with Crippen molar-refractivity contribution in [2.24, 2.45) is 0 Å². The summed E-state index contributed by atoms with van der Waals surface area (Å²) in [5.41, 5.74) is 5.60. The van der Waals surface area contributed by atoms with Gasteiger partial charge >= 0.3 is 12.2 Å². The Labute approximate surface area is 369 Å². The van der Waals surface area contributed by atoms with Gasteiger partial charge in [-0.3, -0.25) is 19.0 Å². The topological polar surface area (TPSA) is 210 Å². The number of likely N-dealkylation sites (tertiary alicyclic amines) is 1. The normalized spacial score (nSPS) is 18.0. The molecule has 18 nitrogen and oxygen atoms in total. The van der Waals surface area contributed by atoms with Crippen molar-refractivity contribution in [3.63, 3.8) is 0 Å². The maximum atomic E-state index is 14.2. The summed E-state index contributed by atoms with van der Waals surface area (Å²) in [5, 5.41) is 15.9. The number of nitrogens with zero attached hydrogens (tertiary/aromatic N) is 8. The van der Waals surface area contributed by atoms with Crippen molar-refractivity contribution in [3.05, 3.63) is 109 Å². The molecule has 4 aromatic heterocycles. The van der Waals surface area contributed by atoms with E-state index in [1.54, 1.807) is 57.4 Å². The number of aromatic nitrogens is 8. The lowest BCUT2D eigenvalue weighted by Gasteiger charge is -2.28. The second kappa shape index (κ2) is 17.5. The molecule has 0 aliphatic carbocycles. The largest absolute Gasteiger partial charge is 0.453 e. The molecule has 2 aliphatic rings. The molecule has 0 bridgehead atoms. The SMILES string of the molecule is COC(=O)N[C@@H](Cn1cccn1)C(=O)N1CCC[C@H]1c1ncc(-c2ccc(-c3ccc4c(ccc5nc([C@@H]6C[Si](C)(C)CN6C(=O)[C@H](Cn6cccn6)NC(=O)OC)[nH]c54)c3)cc2)[nH]1. The van der Waals surface area contributed by atoms with Gasteiger partial charge in [-0.2, -0.15) is 10.2 Å². The third-order valence-electron chi connectivity index (χ3n) is 12.2. The Morgan fingerprint density at radius 1 is 0.781 bits per heavy atom. The van der Waals surface area contributed by atoms with Gasteiger partial charge in [-0.15, -0.1) is 0 Å². The first kappa shape index (κ1) is 42.0. The molecule has 2 saturated heterocycles. The number of benzene rings is 3. The van der Waals surface area contributed by atoms with Crippen LogP contribution in [0, 0.1) is 0 Å². The van der Waals surface area contributed by atoms with Gasteiger partial charge in [0.2, 0.25) is 11.8 Å². The summed E-state index contributed by atoms with van der Waals surface area (Å²) < 4.78 is 12.9. The minimum Gasteiger partial charge on any atom is -0.453 e. The number of H-pyrrole nitrogens is 2. The van der Waals surface area contributed by atoms with Crippen LogP contribution in [0.3, 0.4) is 0 Å². The van der Waals surface area contributed by atoms with Crippen LogP contribution in [0.2, 0.25) is 19.1 Å². The number of hydrogen-bond donors (Lipinski definition) is 4. The number of ether oxygens (including phenoxy) is 2. The van der Waals surface area contributed by atoms with E-state index in [4.69, 9.17) is 19.4 Å². The Hall–Kier alpha value is -7.28. The predicted octanol–water partition coefficient (Wildman–Crippen LogP) is 5.81. The van der Waals surface area contributed by atoms with E-state index < -0.39 is 32.3 Å². The molecule has 6 heterocycles. The summed E-state index contributed by atoms with van der Waals surface area (Å²) in [4.78, 5) is 73.1. The zero-order valence-electron chi connectivity index (χ0n) is 36.0. The summed E-state index contributed by atoms with van der Waals surface area (Å²) in [7, 11) is 0.703. The van der Waals surface area contributed by atoms with Crippen LogP contribution in [0.25, 0.3) is 44.2 Å². The number of carbonyl (C=O) groups excluding carboxylic acids is 4. The maximum absolute atomic E-state index is 14.2. The van der Waals surface area contributed by atoms with Crippen LogP contribution >= 0.6 is 0 Å². The zero-order valence-corrected chi connectivity index (χ0v) is 37.0. The van der Waals surface area contributed by atoms with Gasteiger partial charge in [0.15, 0.2) is 0 Å². The predicted molar refractivity (Wildman–Crippen MR) is 240 cm³/mol. The fourth-order valence-electron chi connectivity index (χ4n) is 9.09. The van der Waals surface area contributed by atoms with E-state index in [2.05, 4.69) is 92.4 Å². The van der Waals surface area contributed by atoms with Gasteiger partial charge in [-0.25, -0.2) is 19.6 Å². The third-order valence-corrected chi connectivity index (χ3v) is 14.9. The molecule has 0 spiro atoms. The minimum absolute atomic E-state index is 0.170. The van der Waals surface area contributed by atoms with Crippen molar-refractivity contribution in [1.82, 2.24) is 59.9 Å². The molecular weight excluding hydrogens is 833 g/mol. The van der Waals surface area contributed by atoms with Crippen molar-refractivity contribution in [1.29, 1.82) is 0 Å². The molecule has 64 heavy (non-hydrogen) atoms. The van der Waals surface area contributed by atoms with Crippen LogP contribution in [0.1, 0.15) is 36.6 Å². The Balaban J connectivity index is 0.916. The lowest BCUT2D eigenvalue weighted by atomic mass is 9.99. The lowest BCUT2D eigenvalue weighted by Crippen LogP contribution is -2.51. The Bertz CT molecular complexity index is 2800. The smallest absolute Gasteiger partial charge is 0.407 e. The molecule has 0 saturated carbocycles. The number of imidazole rings is 2. The number of methoxy groups -OCH3 is 2. The molecular formula is C45H50N12O6Si. The maximum Gasteiger partial charge on any atom is 0.407 e. The molecule has 2 fully saturated rings. The van der Waals surface area contributed by atoms with Gasteiger partial charge in [0.1, 0.15) is 23.7 Å². The van der Waals surface area contributed by atoms with Gasteiger partial charge in [-0.05, 0) is 65.2 Å². The second-order valence-corrected chi connectivity index (χ2v) is 22.2. The Morgan fingerprint density at radius 2 is 1.42 bits per heavy atom. The summed E-state index contributed by atoms with van der Waals surface area (Å²) in [6.07, 6.45) is 9.36. The number of rotatable bonds is 12. The number of nitrogens with one attached hydrogen (secondary N) is 4. The first-order valence-corrected chi connectivity index (χ1v) is 24.7. The summed E-state index contributed by atoms with van der Waals surface area (Å²) >= 11 is 0. The first-order valence-electron chi connectivity index (χ1n) is 21.3. The van der Waals surface area contributed by atoms with E-state index in [0.717, 1.165) is 68.9 Å². The molecule has 0 unspecified atom stereocenters. The van der Waals surface area contributed by atoms with E-state index in [1.807, 2.05) is 11.0 Å². The number of amides is 4. The van der Waals surface area contributed by atoms with Crippen LogP contribution < -0.4 is 10.6 Å². The molecule has 3 aromatic carbocycles. The molecule has 7 aromatic rings. The van der Waals surface area contributed by atoms with Crippen molar-refractivity contribution >= 4 is 53.9 Å².